The van der Waals surface area contributed by atoms with Crippen molar-refractivity contribution in [3.8, 4) is 6.07 Å². The molecule has 70 valence electrons. The Morgan fingerprint density at radius 1 is 1.77 bits per heavy atom. The molecule has 1 heterocycles. The average molecular weight is 198 g/mol. The van der Waals surface area contributed by atoms with Crippen molar-refractivity contribution in [3.05, 3.63) is 10.5 Å². The van der Waals surface area contributed by atoms with Crippen LogP contribution in [0, 0.1) is 11.3 Å². The Morgan fingerprint density at radius 2 is 2.54 bits per heavy atom. The van der Waals surface area contributed by atoms with Gasteiger partial charge in [-0.05, 0) is 6.92 Å². The van der Waals surface area contributed by atoms with E-state index in [0.717, 1.165) is 0 Å². The van der Waals surface area contributed by atoms with Gasteiger partial charge in [0.1, 0.15) is 0 Å². The van der Waals surface area contributed by atoms with Gasteiger partial charge in [0.15, 0.2) is 5.16 Å². The highest BCUT2D eigenvalue weighted by Crippen LogP contribution is 2.13. The highest BCUT2D eigenvalue weighted by atomic mass is 32.2. The number of hydrogen-bond donors (Lipinski definition) is 1. The standard InChI is InChI=1S/C7H10N4OS/c1-2-11-6(12)9-10-7(11)13-5-3-4-8/h2-3,5H2,1H3,(H,9,12). The Morgan fingerprint density at radius 3 is 3.15 bits per heavy atom. The second-order valence-electron chi connectivity index (χ2n) is 2.31. The molecule has 0 aliphatic rings. The fourth-order valence-corrected chi connectivity index (χ4v) is 1.73. The van der Waals surface area contributed by atoms with Crippen molar-refractivity contribution in [2.45, 2.75) is 25.0 Å². The summed E-state index contributed by atoms with van der Waals surface area (Å²) in [5, 5.41) is 15.2. The summed E-state index contributed by atoms with van der Waals surface area (Å²) in [6, 6.07) is 2.04. The molecule has 0 saturated heterocycles. The lowest BCUT2D eigenvalue weighted by Crippen LogP contribution is -2.16. The Bertz CT molecular complexity index is 361. The van der Waals surface area contributed by atoms with Crippen LogP contribution in [0.1, 0.15) is 13.3 Å². The maximum Gasteiger partial charge on any atom is 0.343 e. The topological polar surface area (TPSA) is 74.5 Å². The first-order valence-corrected chi connectivity index (χ1v) is 4.93. The van der Waals surface area contributed by atoms with Crippen molar-refractivity contribution < 1.29 is 0 Å². The molecule has 5 nitrogen and oxygen atoms in total. The lowest BCUT2D eigenvalue weighted by Gasteiger charge is -1.98. The van der Waals surface area contributed by atoms with Gasteiger partial charge in [-0.25, -0.2) is 9.89 Å². The summed E-state index contributed by atoms with van der Waals surface area (Å²) in [6.45, 7) is 2.48. The molecule has 0 aliphatic carbocycles. The van der Waals surface area contributed by atoms with E-state index in [2.05, 4.69) is 10.2 Å². The van der Waals surface area contributed by atoms with E-state index in [4.69, 9.17) is 5.26 Å². The summed E-state index contributed by atoms with van der Waals surface area (Å²) >= 11 is 1.42. The normalized spacial score (nSPS) is 9.85. The SMILES string of the molecule is CCn1c(SCCC#N)n[nH]c1=O. The predicted molar refractivity (Wildman–Crippen MR) is 49.5 cm³/mol. The summed E-state index contributed by atoms with van der Waals surface area (Å²) < 4.78 is 1.54. The van der Waals surface area contributed by atoms with E-state index in [1.165, 1.54) is 11.8 Å². The first-order valence-electron chi connectivity index (χ1n) is 3.94. The minimum atomic E-state index is -0.193. The van der Waals surface area contributed by atoms with Gasteiger partial charge in [0, 0.05) is 18.7 Å². The summed E-state index contributed by atoms with van der Waals surface area (Å²) in [6.07, 6.45) is 0.468. The zero-order chi connectivity index (χ0) is 9.68. The molecule has 6 heteroatoms. The minimum Gasteiger partial charge on any atom is -0.270 e. The predicted octanol–water partition coefficient (Wildman–Crippen LogP) is 0.597. The summed E-state index contributed by atoms with van der Waals surface area (Å²) in [5.41, 5.74) is -0.193. The molecule has 0 atom stereocenters. The minimum absolute atomic E-state index is 0.193. The molecular weight excluding hydrogens is 188 g/mol. The molecule has 0 fully saturated rings. The van der Waals surface area contributed by atoms with Gasteiger partial charge in [-0.15, -0.1) is 5.10 Å². The lowest BCUT2D eigenvalue weighted by molar-refractivity contribution is 0.660. The summed E-state index contributed by atoms with van der Waals surface area (Å²) in [4.78, 5) is 11.1. The Labute approximate surface area is 79.8 Å². The van der Waals surface area contributed by atoms with Gasteiger partial charge >= 0.3 is 5.69 Å². The molecule has 0 amide bonds. The van der Waals surface area contributed by atoms with E-state index in [1.807, 2.05) is 13.0 Å². The van der Waals surface area contributed by atoms with E-state index in [0.29, 0.717) is 23.9 Å². The molecule has 0 aliphatic heterocycles. The first kappa shape index (κ1) is 9.86. The van der Waals surface area contributed by atoms with Crippen LogP contribution in [-0.4, -0.2) is 20.5 Å². The van der Waals surface area contributed by atoms with Crippen LogP contribution in [0.4, 0.5) is 0 Å². The van der Waals surface area contributed by atoms with Crippen LogP contribution in [0.2, 0.25) is 0 Å². The molecule has 0 radical (unpaired) electrons. The number of nitrogens with zero attached hydrogens (tertiary/aromatic N) is 3. The Balaban J connectivity index is 2.67. The summed E-state index contributed by atoms with van der Waals surface area (Å²) in [7, 11) is 0. The molecule has 0 saturated carbocycles. The second kappa shape index (κ2) is 4.72. The van der Waals surface area contributed by atoms with Crippen molar-refractivity contribution in [3.63, 3.8) is 0 Å². The molecule has 1 rings (SSSR count). The van der Waals surface area contributed by atoms with E-state index in [-0.39, 0.29) is 5.69 Å². The zero-order valence-electron chi connectivity index (χ0n) is 7.28. The van der Waals surface area contributed by atoms with Crippen molar-refractivity contribution in [1.29, 1.82) is 5.26 Å². The fourth-order valence-electron chi connectivity index (χ4n) is 0.880. The van der Waals surface area contributed by atoms with E-state index in [1.54, 1.807) is 4.57 Å². The number of rotatable bonds is 4. The van der Waals surface area contributed by atoms with Crippen LogP contribution < -0.4 is 5.69 Å². The number of H-pyrrole nitrogens is 1. The zero-order valence-corrected chi connectivity index (χ0v) is 8.10. The number of aromatic amines is 1. The van der Waals surface area contributed by atoms with Gasteiger partial charge in [-0.3, -0.25) is 4.57 Å². The van der Waals surface area contributed by atoms with Gasteiger partial charge in [0.2, 0.25) is 0 Å². The van der Waals surface area contributed by atoms with E-state index >= 15 is 0 Å². The third-order valence-corrected chi connectivity index (χ3v) is 2.46. The smallest absolute Gasteiger partial charge is 0.270 e. The second-order valence-corrected chi connectivity index (χ2v) is 3.37. The molecule has 0 spiro atoms. The summed E-state index contributed by atoms with van der Waals surface area (Å²) in [5.74, 6) is 0.667. The van der Waals surface area contributed by atoms with Crippen LogP contribution in [0.15, 0.2) is 9.95 Å². The number of nitriles is 1. The fraction of sp³-hybridized carbons (Fsp3) is 0.571. The van der Waals surface area contributed by atoms with Crippen molar-refractivity contribution in [2.75, 3.05) is 5.75 Å². The molecule has 13 heavy (non-hydrogen) atoms. The van der Waals surface area contributed by atoms with Crippen LogP contribution in [0.25, 0.3) is 0 Å². The lowest BCUT2D eigenvalue weighted by atomic mass is 10.6. The van der Waals surface area contributed by atoms with Gasteiger partial charge in [0.25, 0.3) is 0 Å². The molecular formula is C7H10N4OS. The van der Waals surface area contributed by atoms with Crippen molar-refractivity contribution >= 4 is 11.8 Å². The number of thioether (sulfide) groups is 1. The number of nitrogens with one attached hydrogen (secondary N) is 1. The van der Waals surface area contributed by atoms with Crippen molar-refractivity contribution in [1.82, 2.24) is 14.8 Å². The maximum absolute atomic E-state index is 11.1. The molecule has 1 N–H and O–H groups in total. The van der Waals surface area contributed by atoms with Crippen LogP contribution in [-0.2, 0) is 6.54 Å². The van der Waals surface area contributed by atoms with Crippen LogP contribution in [0.5, 0.6) is 0 Å². The molecule has 0 unspecified atom stereocenters. The Hall–Kier alpha value is -1.22. The molecule has 0 bridgehead atoms. The van der Waals surface area contributed by atoms with Crippen molar-refractivity contribution in [2.24, 2.45) is 0 Å². The maximum atomic E-state index is 11.1. The van der Waals surface area contributed by atoms with Gasteiger partial charge < -0.3 is 0 Å². The van der Waals surface area contributed by atoms with E-state index in [9.17, 15) is 4.79 Å². The molecule has 1 aromatic heterocycles. The van der Waals surface area contributed by atoms with Gasteiger partial charge in [0.05, 0.1) is 6.07 Å². The van der Waals surface area contributed by atoms with Crippen LogP contribution >= 0.6 is 11.8 Å². The van der Waals surface area contributed by atoms with E-state index < -0.39 is 0 Å². The highest BCUT2D eigenvalue weighted by molar-refractivity contribution is 7.99. The third-order valence-electron chi connectivity index (χ3n) is 1.48. The van der Waals surface area contributed by atoms with Gasteiger partial charge in [-0.2, -0.15) is 5.26 Å². The third kappa shape index (κ3) is 2.36. The molecule has 0 aromatic carbocycles. The number of aromatic nitrogens is 3. The highest BCUT2D eigenvalue weighted by Gasteiger charge is 2.05. The molecule has 1 aromatic rings. The largest absolute Gasteiger partial charge is 0.343 e. The monoisotopic (exact) mass is 198 g/mol. The number of hydrogen-bond acceptors (Lipinski definition) is 4. The van der Waals surface area contributed by atoms with Gasteiger partial charge in [-0.1, -0.05) is 11.8 Å². The Kier molecular flexibility index (Phi) is 3.58. The average Bonchev–Trinajstić information content (AvgIpc) is 2.47. The quantitative estimate of drug-likeness (QED) is 0.567. The van der Waals surface area contributed by atoms with Crippen LogP contribution in [0.3, 0.4) is 0 Å². The first-order chi connectivity index (χ1) is 6.29.